The van der Waals surface area contributed by atoms with Gasteiger partial charge in [-0.3, -0.25) is 0 Å². The van der Waals surface area contributed by atoms with Crippen LogP contribution in [0, 0.1) is 0 Å². The molecule has 1 aliphatic heterocycles. The third-order valence-electron chi connectivity index (χ3n) is 3.04. The maximum atomic E-state index is 11.1. The molecule has 0 aliphatic carbocycles. The van der Waals surface area contributed by atoms with Crippen LogP contribution in [0.4, 0.5) is 9.80 Å². The minimum absolute atomic E-state index is 0. The smallest absolute Gasteiger partial charge is 0.565 e. The van der Waals surface area contributed by atoms with E-state index in [1.807, 2.05) is 6.92 Å². The molecule has 1 aromatic rings. The first-order valence-corrected chi connectivity index (χ1v) is 7.28. The van der Waals surface area contributed by atoms with Crippen molar-refractivity contribution in [3.05, 3.63) is 16.5 Å². The second kappa shape index (κ2) is 10.9. The number of carbonyl (C=O) groups is 2. The first-order valence-electron chi connectivity index (χ1n) is 6.46. The molecule has 2 heterocycles. The summed E-state index contributed by atoms with van der Waals surface area (Å²) in [7, 11) is 0. The van der Waals surface area contributed by atoms with E-state index in [1.165, 1.54) is 30.6 Å². The van der Waals surface area contributed by atoms with Crippen molar-refractivity contribution in [2.24, 2.45) is 0 Å². The predicted molar refractivity (Wildman–Crippen MR) is 74.7 cm³/mol. The van der Waals surface area contributed by atoms with Crippen LogP contribution >= 0.6 is 11.3 Å². The van der Waals surface area contributed by atoms with Crippen molar-refractivity contribution in [1.82, 2.24) is 0 Å². The molecule has 6 nitrogen and oxygen atoms in total. The van der Waals surface area contributed by atoms with E-state index in [2.05, 4.69) is 11.0 Å². The zero-order valence-corrected chi connectivity index (χ0v) is 19.4. The zero-order chi connectivity index (χ0) is 15.1. The van der Waals surface area contributed by atoms with Crippen LogP contribution in [0.3, 0.4) is 0 Å². The number of rotatable bonds is 3. The van der Waals surface area contributed by atoms with E-state index in [0.29, 0.717) is 4.88 Å². The number of carboxylic acids is 1. The van der Waals surface area contributed by atoms with E-state index in [1.54, 1.807) is 0 Å². The van der Waals surface area contributed by atoms with Gasteiger partial charge in [0.1, 0.15) is 4.88 Å². The van der Waals surface area contributed by atoms with E-state index >= 15 is 0 Å². The van der Waals surface area contributed by atoms with Gasteiger partial charge >= 0.3 is 74.9 Å². The molecule has 1 aromatic heterocycles. The summed E-state index contributed by atoms with van der Waals surface area (Å²) in [6, 6.07) is 2.06. The molecular formula is C13H18CsNO5S. The third kappa shape index (κ3) is 7.40. The Bertz CT molecular complexity index is 467. The predicted octanol–water partition coefficient (Wildman–Crippen LogP) is -1.11. The molecule has 21 heavy (non-hydrogen) atoms. The average molecular weight is 433 g/mol. The van der Waals surface area contributed by atoms with Crippen molar-refractivity contribution in [3.63, 3.8) is 0 Å². The normalized spacial score (nSPS) is 13.7. The Morgan fingerprint density at radius 2 is 1.81 bits per heavy atom. The van der Waals surface area contributed by atoms with Gasteiger partial charge in [-0.15, -0.1) is 11.3 Å². The number of hydrogen-bond donors (Lipinski definition) is 2. The molecule has 112 valence electrons. The van der Waals surface area contributed by atoms with Crippen LogP contribution in [0.15, 0.2) is 6.07 Å². The van der Waals surface area contributed by atoms with Crippen molar-refractivity contribution in [1.29, 1.82) is 0 Å². The van der Waals surface area contributed by atoms with E-state index in [-0.39, 0.29) is 68.9 Å². The van der Waals surface area contributed by atoms with Gasteiger partial charge in [0.05, 0.1) is 5.00 Å². The molecular weight excluding hydrogens is 415 g/mol. The van der Waals surface area contributed by atoms with Gasteiger partial charge in [-0.05, 0) is 37.3 Å². The minimum Gasteiger partial charge on any atom is -0.565 e. The molecule has 0 aromatic carbocycles. The number of nitrogens with zero attached hydrogens (tertiary/aromatic N) is 1. The fourth-order valence-electron chi connectivity index (χ4n) is 2.13. The number of thiophene rings is 1. The molecule has 0 unspecified atom stereocenters. The Morgan fingerprint density at radius 3 is 2.19 bits per heavy atom. The SMILES string of the molecule is CCc1cc(N2CCCCC2)sc1C(=O)O.O=C([O-])O.[Cs+]. The zero-order valence-electron chi connectivity index (χ0n) is 12.3. The van der Waals surface area contributed by atoms with Gasteiger partial charge in [0.15, 0.2) is 0 Å². The molecule has 1 aliphatic rings. The average Bonchev–Trinajstić information content (AvgIpc) is 2.83. The quantitative estimate of drug-likeness (QED) is 0.628. The summed E-state index contributed by atoms with van der Waals surface area (Å²) in [5, 5.41) is 25.5. The second-order valence-corrected chi connectivity index (χ2v) is 5.44. The van der Waals surface area contributed by atoms with Crippen LogP contribution in [0.25, 0.3) is 0 Å². The summed E-state index contributed by atoms with van der Waals surface area (Å²) >= 11 is 1.43. The molecule has 0 amide bonds. The summed E-state index contributed by atoms with van der Waals surface area (Å²) in [6.07, 6.45) is 2.46. The van der Waals surface area contributed by atoms with Crippen molar-refractivity contribution in [2.75, 3.05) is 18.0 Å². The Morgan fingerprint density at radius 1 is 1.29 bits per heavy atom. The summed E-state index contributed by atoms with van der Waals surface area (Å²) in [6.45, 7) is 4.15. The van der Waals surface area contributed by atoms with Crippen LogP contribution in [-0.2, 0) is 6.42 Å². The molecule has 0 radical (unpaired) electrons. The van der Waals surface area contributed by atoms with Crippen LogP contribution in [0.5, 0.6) is 0 Å². The molecule has 0 atom stereocenters. The van der Waals surface area contributed by atoms with E-state index < -0.39 is 12.1 Å². The minimum atomic E-state index is -2.08. The largest absolute Gasteiger partial charge is 1.00 e. The Balaban J connectivity index is 0.000000715. The molecule has 0 bridgehead atoms. The molecule has 1 fully saturated rings. The Hall–Kier alpha value is 0.292. The van der Waals surface area contributed by atoms with Gasteiger partial charge in [0.25, 0.3) is 0 Å². The maximum absolute atomic E-state index is 11.1. The summed E-state index contributed by atoms with van der Waals surface area (Å²) in [5.41, 5.74) is 0.970. The van der Waals surface area contributed by atoms with Crippen LogP contribution in [-0.4, -0.2) is 35.4 Å². The molecule has 1 saturated heterocycles. The standard InChI is InChI=1S/C12H17NO2S.CH2O3.Cs/c1-2-9-8-10(16-11(9)12(14)15)13-6-4-3-5-7-13;2-1(3)4;/h8H,2-7H2,1H3,(H,14,15);(H2,2,3,4);/q;;+1/p-1. The molecule has 2 rings (SSSR count). The van der Waals surface area contributed by atoms with Crippen molar-refractivity contribution in [3.8, 4) is 0 Å². The summed E-state index contributed by atoms with van der Waals surface area (Å²) < 4.78 is 0. The van der Waals surface area contributed by atoms with Gasteiger partial charge in [-0.2, -0.15) is 0 Å². The number of aryl methyl sites for hydroxylation is 1. The fourth-order valence-corrected chi connectivity index (χ4v) is 3.27. The second-order valence-electron chi connectivity index (χ2n) is 4.41. The van der Waals surface area contributed by atoms with Gasteiger partial charge in [0, 0.05) is 13.1 Å². The van der Waals surface area contributed by atoms with Crippen LogP contribution in [0.2, 0.25) is 0 Å². The van der Waals surface area contributed by atoms with E-state index in [9.17, 15) is 4.79 Å². The molecule has 8 heteroatoms. The van der Waals surface area contributed by atoms with Crippen molar-refractivity contribution < 1.29 is 93.8 Å². The van der Waals surface area contributed by atoms with Gasteiger partial charge in [0.2, 0.25) is 6.16 Å². The van der Waals surface area contributed by atoms with Gasteiger partial charge in [-0.1, -0.05) is 6.92 Å². The number of piperidine rings is 1. The van der Waals surface area contributed by atoms with Crippen molar-refractivity contribution >= 4 is 28.5 Å². The summed E-state index contributed by atoms with van der Waals surface area (Å²) in [4.78, 5) is 22.3. The van der Waals surface area contributed by atoms with Gasteiger partial charge in [-0.25, -0.2) is 4.79 Å². The Labute approximate surface area is 186 Å². The molecule has 0 spiro atoms. The van der Waals surface area contributed by atoms with E-state index in [4.69, 9.17) is 20.1 Å². The first kappa shape index (κ1) is 21.3. The number of aromatic carboxylic acids is 1. The first-order chi connectivity index (χ1) is 9.45. The summed E-state index contributed by atoms with van der Waals surface area (Å²) in [5.74, 6) is -0.787. The van der Waals surface area contributed by atoms with E-state index in [0.717, 1.165) is 30.1 Å². The number of anilines is 1. The van der Waals surface area contributed by atoms with Crippen LogP contribution < -0.4 is 78.9 Å². The third-order valence-corrected chi connectivity index (χ3v) is 4.26. The topological polar surface area (TPSA) is 101 Å². The molecule has 2 N–H and O–H groups in total. The monoisotopic (exact) mass is 433 g/mol. The maximum Gasteiger partial charge on any atom is 1.00 e. The van der Waals surface area contributed by atoms with Crippen molar-refractivity contribution in [2.45, 2.75) is 32.6 Å². The van der Waals surface area contributed by atoms with Crippen LogP contribution in [0.1, 0.15) is 41.4 Å². The van der Waals surface area contributed by atoms with Gasteiger partial charge < -0.3 is 25.0 Å². The number of hydrogen-bond acceptors (Lipinski definition) is 5. The number of carboxylic acid groups (broad SMARTS) is 3. The Kier molecular flexibility index (Phi) is 11.1. The molecule has 0 saturated carbocycles. The fraction of sp³-hybridized carbons (Fsp3) is 0.538.